The van der Waals surface area contributed by atoms with Gasteiger partial charge in [0.05, 0.1) is 17.9 Å². The summed E-state index contributed by atoms with van der Waals surface area (Å²) in [4.78, 5) is 23.9. The summed E-state index contributed by atoms with van der Waals surface area (Å²) in [5.41, 5.74) is 4.78. The zero-order valence-corrected chi connectivity index (χ0v) is 14.0. The summed E-state index contributed by atoms with van der Waals surface area (Å²) in [6.45, 7) is 4.29. The molecule has 1 aliphatic rings. The van der Waals surface area contributed by atoms with Crippen LogP contribution in [0.25, 0.3) is 0 Å². The average Bonchev–Trinajstić information content (AvgIpc) is 3.23. The van der Waals surface area contributed by atoms with Crippen molar-refractivity contribution in [3.8, 4) is 0 Å². The Hall–Kier alpha value is -2.63. The Morgan fingerprint density at radius 3 is 2.50 bits per heavy atom. The van der Waals surface area contributed by atoms with Crippen LogP contribution in [-0.4, -0.2) is 22.0 Å². The number of nitrogens with zero attached hydrogens (tertiary/aromatic N) is 1. The topological polar surface area (TPSA) is 86.9 Å². The molecule has 0 spiro atoms. The molecule has 24 heavy (non-hydrogen) atoms. The molecule has 0 bridgehead atoms. The number of H-pyrrole nitrogens is 1. The van der Waals surface area contributed by atoms with Crippen LogP contribution < -0.4 is 10.6 Å². The van der Waals surface area contributed by atoms with E-state index in [4.69, 9.17) is 0 Å². The van der Waals surface area contributed by atoms with Crippen LogP contribution in [0.3, 0.4) is 0 Å². The van der Waals surface area contributed by atoms with Gasteiger partial charge >= 0.3 is 0 Å². The average molecular weight is 326 g/mol. The maximum absolute atomic E-state index is 12.0. The Labute approximate surface area is 141 Å². The van der Waals surface area contributed by atoms with Crippen LogP contribution in [0.4, 0.5) is 5.69 Å². The van der Waals surface area contributed by atoms with E-state index in [9.17, 15) is 9.59 Å². The number of hydrogen-bond acceptors (Lipinski definition) is 3. The fraction of sp³-hybridized carbons (Fsp3) is 0.389. The summed E-state index contributed by atoms with van der Waals surface area (Å²) in [5.74, 6) is -0.0468. The van der Waals surface area contributed by atoms with Crippen molar-refractivity contribution in [2.45, 2.75) is 45.6 Å². The summed E-state index contributed by atoms with van der Waals surface area (Å²) < 4.78 is 0. The number of aromatic nitrogens is 2. The van der Waals surface area contributed by atoms with Gasteiger partial charge in [0.15, 0.2) is 0 Å². The molecule has 3 N–H and O–H groups in total. The molecule has 1 fully saturated rings. The molecule has 3 rings (SSSR count). The van der Waals surface area contributed by atoms with E-state index in [1.807, 2.05) is 38.1 Å². The van der Waals surface area contributed by atoms with Gasteiger partial charge in [-0.1, -0.05) is 6.07 Å². The highest BCUT2D eigenvalue weighted by Gasteiger charge is 2.26. The van der Waals surface area contributed by atoms with Crippen LogP contribution in [0.15, 0.2) is 24.3 Å². The standard InChI is InChI=1S/C18H22N4O2/c1-11-5-12(2)7-14(6-11)20-18(24)9-17(23)19-10-15-8-16(22-21-15)13-3-4-13/h5-8,13H,3-4,9-10H2,1-2H3,(H,19,23)(H,20,24)(H,21,22). The molecule has 0 atom stereocenters. The van der Waals surface area contributed by atoms with Crippen molar-refractivity contribution in [1.82, 2.24) is 15.5 Å². The van der Waals surface area contributed by atoms with Crippen molar-refractivity contribution in [1.29, 1.82) is 0 Å². The number of carbonyl (C=O) groups is 2. The number of anilines is 1. The number of nitrogens with one attached hydrogen (secondary N) is 3. The van der Waals surface area contributed by atoms with Crippen LogP contribution in [0.2, 0.25) is 0 Å². The molecular weight excluding hydrogens is 304 g/mol. The fourth-order valence-electron chi connectivity index (χ4n) is 2.71. The number of amides is 2. The van der Waals surface area contributed by atoms with Gasteiger partial charge in [0.2, 0.25) is 11.8 Å². The van der Waals surface area contributed by atoms with Crippen molar-refractivity contribution < 1.29 is 9.59 Å². The Morgan fingerprint density at radius 1 is 1.12 bits per heavy atom. The largest absolute Gasteiger partial charge is 0.350 e. The maximum Gasteiger partial charge on any atom is 0.233 e. The Bertz CT molecular complexity index is 742. The first-order valence-corrected chi connectivity index (χ1v) is 8.18. The molecular formula is C18H22N4O2. The van der Waals surface area contributed by atoms with Crippen LogP contribution in [-0.2, 0) is 16.1 Å². The summed E-state index contributed by atoms with van der Waals surface area (Å²) in [6, 6.07) is 7.77. The third-order valence-corrected chi connectivity index (χ3v) is 3.95. The molecule has 2 amide bonds. The minimum absolute atomic E-state index is 0.198. The van der Waals surface area contributed by atoms with Gasteiger partial charge in [0.25, 0.3) is 0 Å². The lowest BCUT2D eigenvalue weighted by atomic mass is 10.1. The van der Waals surface area contributed by atoms with Gasteiger partial charge in [-0.15, -0.1) is 0 Å². The second kappa shape index (κ2) is 6.86. The number of aryl methyl sites for hydroxylation is 2. The minimum atomic E-state index is -0.319. The molecule has 1 aromatic heterocycles. The van der Waals surface area contributed by atoms with Gasteiger partial charge < -0.3 is 10.6 Å². The normalized spacial score (nSPS) is 13.6. The summed E-state index contributed by atoms with van der Waals surface area (Å²) in [7, 11) is 0. The van der Waals surface area contributed by atoms with Crippen molar-refractivity contribution in [2.75, 3.05) is 5.32 Å². The zero-order valence-electron chi connectivity index (χ0n) is 14.0. The molecule has 2 aromatic rings. The van der Waals surface area contributed by atoms with E-state index in [0.717, 1.165) is 22.5 Å². The fourth-order valence-corrected chi connectivity index (χ4v) is 2.71. The Morgan fingerprint density at radius 2 is 1.83 bits per heavy atom. The lowest BCUT2D eigenvalue weighted by molar-refractivity contribution is -0.126. The van der Waals surface area contributed by atoms with E-state index in [2.05, 4.69) is 20.8 Å². The van der Waals surface area contributed by atoms with Crippen LogP contribution in [0, 0.1) is 13.8 Å². The monoisotopic (exact) mass is 326 g/mol. The number of hydrogen-bond donors (Lipinski definition) is 3. The predicted molar refractivity (Wildman–Crippen MR) is 91.6 cm³/mol. The second-order valence-electron chi connectivity index (χ2n) is 6.47. The van der Waals surface area contributed by atoms with E-state index in [-0.39, 0.29) is 18.2 Å². The molecule has 6 heteroatoms. The maximum atomic E-state index is 12.0. The van der Waals surface area contributed by atoms with Crippen LogP contribution in [0.1, 0.15) is 47.7 Å². The van der Waals surface area contributed by atoms with Gasteiger partial charge in [-0.3, -0.25) is 14.7 Å². The molecule has 0 unspecified atom stereocenters. The van der Waals surface area contributed by atoms with Crippen molar-refractivity contribution in [3.05, 3.63) is 46.8 Å². The van der Waals surface area contributed by atoms with Gasteiger partial charge in [0, 0.05) is 11.6 Å². The van der Waals surface area contributed by atoms with E-state index < -0.39 is 0 Å². The molecule has 0 saturated heterocycles. The lowest BCUT2D eigenvalue weighted by Crippen LogP contribution is -2.27. The van der Waals surface area contributed by atoms with Crippen molar-refractivity contribution >= 4 is 17.5 Å². The molecule has 1 aromatic carbocycles. The molecule has 1 saturated carbocycles. The molecule has 0 aliphatic heterocycles. The van der Waals surface area contributed by atoms with E-state index in [1.165, 1.54) is 12.8 Å². The lowest BCUT2D eigenvalue weighted by Gasteiger charge is -2.08. The highest BCUT2D eigenvalue weighted by atomic mass is 16.2. The zero-order chi connectivity index (χ0) is 17.1. The number of aromatic amines is 1. The predicted octanol–water partition coefficient (Wildman–Crippen LogP) is 2.55. The molecule has 1 aliphatic carbocycles. The first kappa shape index (κ1) is 16.2. The molecule has 1 heterocycles. The molecule has 0 radical (unpaired) electrons. The number of rotatable bonds is 6. The summed E-state index contributed by atoms with van der Waals surface area (Å²) in [6.07, 6.45) is 2.18. The summed E-state index contributed by atoms with van der Waals surface area (Å²) >= 11 is 0. The van der Waals surface area contributed by atoms with Crippen LogP contribution >= 0.6 is 0 Å². The Kier molecular flexibility index (Phi) is 4.64. The van der Waals surface area contributed by atoms with E-state index >= 15 is 0 Å². The SMILES string of the molecule is Cc1cc(C)cc(NC(=O)CC(=O)NCc2cc(C3CC3)n[nH]2)c1. The van der Waals surface area contributed by atoms with Crippen molar-refractivity contribution in [3.63, 3.8) is 0 Å². The molecule has 126 valence electrons. The first-order chi connectivity index (χ1) is 11.5. The molecule has 6 nitrogen and oxygen atoms in total. The summed E-state index contributed by atoms with van der Waals surface area (Å²) in [5, 5.41) is 12.7. The third kappa shape index (κ3) is 4.44. The second-order valence-corrected chi connectivity index (χ2v) is 6.47. The minimum Gasteiger partial charge on any atom is -0.350 e. The quantitative estimate of drug-likeness (QED) is 0.713. The Balaban J connectivity index is 1.45. The third-order valence-electron chi connectivity index (χ3n) is 3.95. The first-order valence-electron chi connectivity index (χ1n) is 8.18. The highest BCUT2D eigenvalue weighted by molar-refractivity contribution is 6.03. The number of carbonyl (C=O) groups excluding carboxylic acids is 2. The number of benzene rings is 1. The smallest absolute Gasteiger partial charge is 0.233 e. The van der Waals surface area contributed by atoms with Gasteiger partial charge in [-0.05, 0) is 56.0 Å². The van der Waals surface area contributed by atoms with E-state index in [0.29, 0.717) is 18.2 Å². The van der Waals surface area contributed by atoms with Gasteiger partial charge in [-0.25, -0.2) is 0 Å². The van der Waals surface area contributed by atoms with Crippen molar-refractivity contribution in [2.24, 2.45) is 0 Å². The van der Waals surface area contributed by atoms with Gasteiger partial charge in [-0.2, -0.15) is 5.10 Å². The van der Waals surface area contributed by atoms with Crippen LogP contribution in [0.5, 0.6) is 0 Å². The van der Waals surface area contributed by atoms with E-state index in [1.54, 1.807) is 0 Å². The highest BCUT2D eigenvalue weighted by Crippen LogP contribution is 2.38. The van der Waals surface area contributed by atoms with Gasteiger partial charge in [0.1, 0.15) is 6.42 Å².